The van der Waals surface area contributed by atoms with Gasteiger partial charge in [-0.1, -0.05) is 12.1 Å². The zero-order valence-electron chi connectivity index (χ0n) is 15.2. The highest BCUT2D eigenvalue weighted by molar-refractivity contribution is 5.60. The maximum atomic E-state index is 12.6. The van der Waals surface area contributed by atoms with E-state index in [-0.39, 0.29) is 34.8 Å². The van der Waals surface area contributed by atoms with E-state index in [4.69, 9.17) is 4.74 Å². The Morgan fingerprint density at radius 1 is 0.700 bits per heavy atom. The standard InChI is InChI=1S/C19H15F3O8/c20-17(24)28-8-12-5-13(9-29-18(21)25)16(14(6-12)10-30-19(22)26)27-7-11-1-3-15(23)4-2-11/h1-6,23H,7-10H2. The highest BCUT2D eigenvalue weighted by Gasteiger charge is 2.17. The van der Waals surface area contributed by atoms with Gasteiger partial charge in [0.05, 0.1) is 0 Å². The lowest BCUT2D eigenvalue weighted by atomic mass is 10.0. The van der Waals surface area contributed by atoms with Crippen molar-refractivity contribution >= 4 is 18.7 Å². The van der Waals surface area contributed by atoms with Gasteiger partial charge in [0.2, 0.25) is 0 Å². The summed E-state index contributed by atoms with van der Waals surface area (Å²) in [7, 11) is 0. The highest BCUT2D eigenvalue weighted by Crippen LogP contribution is 2.30. The van der Waals surface area contributed by atoms with Gasteiger partial charge >= 0.3 is 18.7 Å². The molecule has 0 unspecified atom stereocenters. The van der Waals surface area contributed by atoms with Gasteiger partial charge in [0.25, 0.3) is 0 Å². The lowest BCUT2D eigenvalue weighted by molar-refractivity contribution is 0.110. The van der Waals surface area contributed by atoms with E-state index in [0.29, 0.717) is 5.56 Å². The lowest BCUT2D eigenvalue weighted by Gasteiger charge is -2.17. The lowest BCUT2D eigenvalue weighted by Crippen LogP contribution is -2.08. The predicted octanol–water partition coefficient (Wildman–Crippen LogP) is 4.79. The average Bonchev–Trinajstić information content (AvgIpc) is 2.69. The summed E-state index contributed by atoms with van der Waals surface area (Å²) in [4.78, 5) is 31.5. The molecule has 0 atom stereocenters. The summed E-state index contributed by atoms with van der Waals surface area (Å²) in [5.74, 6) is -0.00231. The van der Waals surface area contributed by atoms with Crippen molar-refractivity contribution in [3.05, 3.63) is 58.7 Å². The van der Waals surface area contributed by atoms with Crippen molar-refractivity contribution in [2.45, 2.75) is 26.4 Å². The van der Waals surface area contributed by atoms with E-state index in [9.17, 15) is 32.7 Å². The molecule has 0 bridgehead atoms. The largest absolute Gasteiger partial charge is 0.508 e. The summed E-state index contributed by atoms with van der Waals surface area (Å²) in [5, 5.41) is 9.32. The maximum Gasteiger partial charge on any atom is 0.495 e. The smallest absolute Gasteiger partial charge is 0.495 e. The van der Waals surface area contributed by atoms with E-state index < -0.39 is 38.5 Å². The second-order valence-electron chi connectivity index (χ2n) is 5.78. The molecule has 2 aromatic rings. The van der Waals surface area contributed by atoms with Crippen LogP contribution >= 0.6 is 0 Å². The number of phenols is 1. The van der Waals surface area contributed by atoms with Gasteiger partial charge in [0.15, 0.2) is 0 Å². The summed E-state index contributed by atoms with van der Waals surface area (Å²) in [6, 6.07) is 8.47. The molecule has 0 spiro atoms. The number of phenolic OH excluding ortho intramolecular Hbond substituents is 1. The zero-order valence-corrected chi connectivity index (χ0v) is 15.2. The molecule has 11 heteroatoms. The van der Waals surface area contributed by atoms with Crippen molar-refractivity contribution in [2.75, 3.05) is 0 Å². The molecule has 0 aliphatic heterocycles. The topological polar surface area (TPSA) is 108 Å². The van der Waals surface area contributed by atoms with Crippen LogP contribution < -0.4 is 4.74 Å². The molecule has 8 nitrogen and oxygen atoms in total. The van der Waals surface area contributed by atoms with Crippen molar-refractivity contribution in [1.82, 2.24) is 0 Å². The third-order valence-corrected chi connectivity index (χ3v) is 3.66. The Morgan fingerprint density at radius 2 is 1.17 bits per heavy atom. The monoisotopic (exact) mass is 428 g/mol. The van der Waals surface area contributed by atoms with Gasteiger partial charge in [-0.25, -0.2) is 14.4 Å². The molecule has 0 aromatic heterocycles. The molecule has 30 heavy (non-hydrogen) atoms. The number of carbonyl (C=O) groups is 3. The van der Waals surface area contributed by atoms with Crippen LogP contribution in [-0.2, 0) is 40.6 Å². The Hall–Kier alpha value is -3.76. The number of carbonyl (C=O) groups excluding carboxylic acids is 3. The molecule has 1 N–H and O–H groups in total. The molecular weight excluding hydrogens is 413 g/mol. The molecule has 2 rings (SSSR count). The third kappa shape index (κ3) is 7.34. The van der Waals surface area contributed by atoms with E-state index in [1.54, 1.807) is 12.1 Å². The Kier molecular flexibility index (Phi) is 8.03. The van der Waals surface area contributed by atoms with Crippen molar-refractivity contribution < 1.29 is 51.6 Å². The van der Waals surface area contributed by atoms with Gasteiger partial charge < -0.3 is 24.1 Å². The Morgan fingerprint density at radius 3 is 1.63 bits per heavy atom. The van der Waals surface area contributed by atoms with Crippen LogP contribution in [0.5, 0.6) is 11.5 Å². The van der Waals surface area contributed by atoms with Crippen LogP contribution in [0.3, 0.4) is 0 Å². The van der Waals surface area contributed by atoms with E-state index >= 15 is 0 Å². The Balaban J connectivity index is 2.37. The van der Waals surface area contributed by atoms with Crippen LogP contribution in [-0.4, -0.2) is 23.8 Å². The summed E-state index contributed by atoms with van der Waals surface area (Å²) < 4.78 is 56.0. The predicted molar refractivity (Wildman–Crippen MR) is 92.8 cm³/mol. The fourth-order valence-corrected chi connectivity index (χ4v) is 2.47. The van der Waals surface area contributed by atoms with Gasteiger partial charge in [0.1, 0.15) is 37.9 Å². The maximum absolute atomic E-state index is 12.6. The summed E-state index contributed by atoms with van der Waals surface area (Å²) in [6.45, 7) is -1.89. The van der Waals surface area contributed by atoms with Crippen molar-refractivity contribution in [2.24, 2.45) is 0 Å². The molecule has 0 heterocycles. The van der Waals surface area contributed by atoms with Crippen LogP contribution in [0.25, 0.3) is 0 Å². The number of halogens is 3. The molecule has 0 saturated heterocycles. The molecule has 0 amide bonds. The molecule has 0 aliphatic carbocycles. The highest BCUT2D eigenvalue weighted by atomic mass is 19.2. The Labute approximate surface area is 167 Å². The molecule has 2 aromatic carbocycles. The van der Waals surface area contributed by atoms with Crippen LogP contribution in [0, 0.1) is 0 Å². The van der Waals surface area contributed by atoms with Gasteiger partial charge in [-0.2, -0.15) is 0 Å². The first-order valence-corrected chi connectivity index (χ1v) is 8.26. The summed E-state index contributed by atoms with van der Waals surface area (Å²) >= 11 is 0. The number of hydrogen-bond donors (Lipinski definition) is 1. The Bertz CT molecular complexity index is 875. The van der Waals surface area contributed by atoms with E-state index in [1.165, 1.54) is 24.3 Å². The van der Waals surface area contributed by atoms with Gasteiger partial charge in [0, 0.05) is 11.1 Å². The number of benzene rings is 2. The minimum Gasteiger partial charge on any atom is -0.508 e. The van der Waals surface area contributed by atoms with E-state index in [2.05, 4.69) is 14.2 Å². The second kappa shape index (κ2) is 10.7. The molecular formula is C19H15F3O8. The normalized spacial score (nSPS) is 10.2. The van der Waals surface area contributed by atoms with Crippen molar-refractivity contribution in [3.63, 3.8) is 0 Å². The van der Waals surface area contributed by atoms with Crippen LogP contribution in [0.1, 0.15) is 22.3 Å². The van der Waals surface area contributed by atoms with Crippen LogP contribution in [0.4, 0.5) is 27.6 Å². The number of hydrogen-bond acceptors (Lipinski definition) is 8. The minimum absolute atomic E-state index is 0.0246. The first-order chi connectivity index (χ1) is 14.2. The quantitative estimate of drug-likeness (QED) is 0.449. The SMILES string of the molecule is O=C(F)OCc1cc(COC(=O)F)c(OCc2ccc(O)cc2)c(COC(=O)F)c1. The van der Waals surface area contributed by atoms with Gasteiger partial charge in [-0.3, -0.25) is 0 Å². The molecule has 160 valence electrons. The fourth-order valence-electron chi connectivity index (χ4n) is 2.47. The van der Waals surface area contributed by atoms with Gasteiger partial charge in [-0.15, -0.1) is 13.2 Å². The summed E-state index contributed by atoms with van der Waals surface area (Å²) in [5.41, 5.74) is 0.854. The van der Waals surface area contributed by atoms with Crippen molar-refractivity contribution in [1.29, 1.82) is 0 Å². The second-order valence-corrected chi connectivity index (χ2v) is 5.78. The third-order valence-electron chi connectivity index (χ3n) is 3.66. The summed E-state index contributed by atoms with van der Waals surface area (Å²) in [6.07, 6.45) is -6.23. The number of ether oxygens (including phenoxy) is 4. The van der Waals surface area contributed by atoms with Crippen molar-refractivity contribution in [3.8, 4) is 11.5 Å². The van der Waals surface area contributed by atoms with Crippen LogP contribution in [0.2, 0.25) is 0 Å². The first kappa shape index (κ1) is 22.5. The first-order valence-electron chi connectivity index (χ1n) is 8.26. The van der Waals surface area contributed by atoms with E-state index in [1.807, 2.05) is 0 Å². The average molecular weight is 428 g/mol. The number of rotatable bonds is 9. The fraction of sp³-hybridized carbons (Fsp3) is 0.211. The number of aromatic hydroxyl groups is 1. The molecule has 0 radical (unpaired) electrons. The molecule has 0 aliphatic rings. The zero-order chi connectivity index (χ0) is 22.1. The van der Waals surface area contributed by atoms with E-state index in [0.717, 1.165) is 0 Å². The molecule has 0 saturated carbocycles. The van der Waals surface area contributed by atoms with Gasteiger partial charge in [-0.05, 0) is 35.4 Å². The van der Waals surface area contributed by atoms with Crippen LogP contribution in [0.15, 0.2) is 36.4 Å². The minimum atomic E-state index is -2.09. The molecule has 0 fully saturated rings.